The zero-order valence-electron chi connectivity index (χ0n) is 20.8. The number of hydrogen-bond acceptors (Lipinski definition) is 10. The number of aromatic nitrogens is 4. The maximum absolute atomic E-state index is 12.8. The number of urea groups is 1. The van der Waals surface area contributed by atoms with Gasteiger partial charge in [-0.2, -0.15) is 4.98 Å². The number of rotatable bonds is 8. The van der Waals surface area contributed by atoms with Crippen molar-refractivity contribution in [3.63, 3.8) is 0 Å². The molecule has 3 heterocycles. The molecule has 0 aromatic carbocycles. The first kappa shape index (κ1) is 25.4. The predicted molar refractivity (Wildman–Crippen MR) is 133 cm³/mol. The van der Waals surface area contributed by atoms with E-state index >= 15 is 0 Å². The van der Waals surface area contributed by atoms with E-state index in [2.05, 4.69) is 35.9 Å². The molecule has 3 N–H and O–H groups in total. The van der Waals surface area contributed by atoms with E-state index in [0.29, 0.717) is 42.7 Å². The highest BCUT2D eigenvalue weighted by Gasteiger charge is 2.31. The molecule has 1 aliphatic carbocycles. The van der Waals surface area contributed by atoms with Crippen LogP contribution in [0.25, 0.3) is 0 Å². The fourth-order valence-electron chi connectivity index (χ4n) is 4.17. The van der Waals surface area contributed by atoms with Crippen LogP contribution in [0.5, 0.6) is 5.88 Å². The SMILES string of the molecule is CCOc1cnc(NC(=O)N(C)[C@@H]2CCCN(c3nccc(NC(=O)OC4CC(NC)C4)n3)C2)cn1. The topological polar surface area (TPSA) is 147 Å². The minimum atomic E-state index is -0.524. The van der Waals surface area contributed by atoms with Gasteiger partial charge in [-0.25, -0.2) is 24.5 Å². The van der Waals surface area contributed by atoms with Crippen molar-refractivity contribution in [2.45, 2.75) is 50.8 Å². The first-order valence-electron chi connectivity index (χ1n) is 12.2. The molecule has 13 heteroatoms. The highest BCUT2D eigenvalue weighted by molar-refractivity contribution is 5.88. The summed E-state index contributed by atoms with van der Waals surface area (Å²) in [5.41, 5.74) is 0. The zero-order valence-corrected chi connectivity index (χ0v) is 20.8. The number of piperidine rings is 1. The summed E-state index contributed by atoms with van der Waals surface area (Å²) in [5.74, 6) is 1.61. The summed E-state index contributed by atoms with van der Waals surface area (Å²) in [4.78, 5) is 45.8. The van der Waals surface area contributed by atoms with E-state index < -0.39 is 6.09 Å². The molecule has 1 atom stereocenters. The number of nitrogens with one attached hydrogen (secondary N) is 3. The molecule has 1 saturated heterocycles. The molecule has 0 unspecified atom stereocenters. The lowest BCUT2D eigenvalue weighted by molar-refractivity contribution is 0.0422. The molecule has 36 heavy (non-hydrogen) atoms. The molecular formula is C23H33N9O4. The number of amides is 3. The van der Waals surface area contributed by atoms with Crippen molar-refractivity contribution in [1.29, 1.82) is 0 Å². The number of likely N-dealkylation sites (N-methyl/N-ethyl adjacent to an activating group) is 1. The third-order valence-electron chi connectivity index (χ3n) is 6.35. The monoisotopic (exact) mass is 499 g/mol. The molecule has 1 aliphatic heterocycles. The molecule has 3 amide bonds. The van der Waals surface area contributed by atoms with Crippen molar-refractivity contribution in [1.82, 2.24) is 30.2 Å². The van der Waals surface area contributed by atoms with Gasteiger partial charge in [-0.15, -0.1) is 0 Å². The summed E-state index contributed by atoms with van der Waals surface area (Å²) in [5, 5.41) is 8.61. The molecule has 0 spiro atoms. The van der Waals surface area contributed by atoms with Crippen molar-refractivity contribution in [3.05, 3.63) is 24.7 Å². The van der Waals surface area contributed by atoms with Gasteiger partial charge in [0.1, 0.15) is 11.9 Å². The first-order valence-corrected chi connectivity index (χ1v) is 12.2. The van der Waals surface area contributed by atoms with Gasteiger partial charge in [-0.3, -0.25) is 10.6 Å². The second kappa shape index (κ2) is 11.8. The summed E-state index contributed by atoms with van der Waals surface area (Å²) in [6, 6.07) is 1.68. The molecule has 0 radical (unpaired) electrons. The Kier molecular flexibility index (Phi) is 8.31. The molecule has 4 rings (SSSR count). The quantitative estimate of drug-likeness (QED) is 0.493. The van der Waals surface area contributed by atoms with Crippen LogP contribution in [-0.2, 0) is 4.74 Å². The van der Waals surface area contributed by atoms with Crippen molar-refractivity contribution >= 4 is 29.7 Å². The second-order valence-electron chi connectivity index (χ2n) is 8.81. The van der Waals surface area contributed by atoms with E-state index in [9.17, 15) is 9.59 Å². The molecule has 2 aromatic rings. The Morgan fingerprint density at radius 2 is 2.00 bits per heavy atom. The standard InChI is InChI=1S/C23H33N9O4/c1-4-35-20-13-26-19(12-27-20)29-22(33)31(3)16-6-5-9-32(14-16)21-25-8-7-18(28-21)30-23(34)36-17-10-15(11-17)24-2/h7-8,12-13,15-17,24H,4-6,9-11,14H2,1-3H3,(H,26,29,33)(H,25,28,30,34)/t15?,16-,17?/m1/s1. The van der Waals surface area contributed by atoms with Gasteiger partial charge in [0.25, 0.3) is 0 Å². The maximum atomic E-state index is 12.8. The average Bonchev–Trinajstić information content (AvgIpc) is 2.87. The van der Waals surface area contributed by atoms with Crippen LogP contribution in [-0.4, -0.2) is 88.9 Å². The maximum Gasteiger partial charge on any atom is 0.413 e. The third-order valence-corrected chi connectivity index (χ3v) is 6.35. The van der Waals surface area contributed by atoms with Gasteiger partial charge in [-0.1, -0.05) is 0 Å². The van der Waals surface area contributed by atoms with E-state index in [1.165, 1.54) is 12.4 Å². The zero-order chi connectivity index (χ0) is 25.5. The van der Waals surface area contributed by atoms with Crippen molar-refractivity contribution < 1.29 is 19.1 Å². The first-order chi connectivity index (χ1) is 17.4. The number of hydrogen-bond donors (Lipinski definition) is 3. The lowest BCUT2D eigenvalue weighted by atomic mass is 9.89. The molecule has 2 fully saturated rings. The Hall–Kier alpha value is -3.74. The summed E-state index contributed by atoms with van der Waals surface area (Å²) >= 11 is 0. The van der Waals surface area contributed by atoms with Gasteiger partial charge >= 0.3 is 12.1 Å². The van der Waals surface area contributed by atoms with Crippen molar-refractivity contribution in [2.75, 3.05) is 49.3 Å². The summed E-state index contributed by atoms with van der Waals surface area (Å²) in [6.45, 7) is 3.66. The van der Waals surface area contributed by atoms with Gasteiger partial charge < -0.3 is 24.6 Å². The minimum Gasteiger partial charge on any atom is -0.477 e. The van der Waals surface area contributed by atoms with Crippen LogP contribution in [0.3, 0.4) is 0 Å². The van der Waals surface area contributed by atoms with Crippen LogP contribution in [0.4, 0.5) is 27.2 Å². The molecule has 2 aromatic heterocycles. The Morgan fingerprint density at radius 1 is 1.17 bits per heavy atom. The van der Waals surface area contributed by atoms with Crippen LogP contribution in [0.1, 0.15) is 32.6 Å². The van der Waals surface area contributed by atoms with E-state index in [1.54, 1.807) is 24.2 Å². The highest BCUT2D eigenvalue weighted by atomic mass is 16.6. The smallest absolute Gasteiger partial charge is 0.413 e. The Morgan fingerprint density at radius 3 is 2.72 bits per heavy atom. The van der Waals surface area contributed by atoms with Crippen molar-refractivity contribution in [2.24, 2.45) is 0 Å². The second-order valence-corrected chi connectivity index (χ2v) is 8.81. The van der Waals surface area contributed by atoms with Crippen LogP contribution in [0.15, 0.2) is 24.7 Å². The lowest BCUT2D eigenvalue weighted by Crippen LogP contribution is -2.50. The fraction of sp³-hybridized carbons (Fsp3) is 0.565. The van der Waals surface area contributed by atoms with E-state index in [0.717, 1.165) is 32.2 Å². The normalized spacial score (nSPS) is 21.2. The molecular weight excluding hydrogens is 466 g/mol. The highest BCUT2D eigenvalue weighted by Crippen LogP contribution is 2.24. The Bertz CT molecular complexity index is 1030. The molecule has 0 bridgehead atoms. The average molecular weight is 500 g/mol. The minimum absolute atomic E-state index is 0.0571. The predicted octanol–water partition coefficient (Wildman–Crippen LogP) is 2.10. The van der Waals surface area contributed by atoms with Crippen LogP contribution >= 0.6 is 0 Å². The number of ether oxygens (including phenoxy) is 2. The van der Waals surface area contributed by atoms with Gasteiger partial charge in [0, 0.05) is 32.4 Å². The summed E-state index contributed by atoms with van der Waals surface area (Å²) < 4.78 is 10.7. The molecule has 13 nitrogen and oxygen atoms in total. The van der Waals surface area contributed by atoms with Gasteiger partial charge in [0.2, 0.25) is 11.8 Å². The molecule has 1 saturated carbocycles. The van der Waals surface area contributed by atoms with Crippen LogP contribution in [0.2, 0.25) is 0 Å². The summed E-state index contributed by atoms with van der Waals surface area (Å²) in [7, 11) is 3.65. The van der Waals surface area contributed by atoms with E-state index in [-0.39, 0.29) is 18.2 Å². The van der Waals surface area contributed by atoms with Gasteiger partial charge in [0.15, 0.2) is 5.82 Å². The number of anilines is 3. The fourth-order valence-corrected chi connectivity index (χ4v) is 4.17. The van der Waals surface area contributed by atoms with Gasteiger partial charge in [-0.05, 0) is 45.7 Å². The lowest BCUT2D eigenvalue weighted by Gasteiger charge is -2.37. The Labute approximate surface area is 210 Å². The largest absolute Gasteiger partial charge is 0.477 e. The number of carbonyl (C=O) groups excluding carboxylic acids is 2. The Balaban J connectivity index is 1.30. The van der Waals surface area contributed by atoms with E-state index in [1.807, 2.05) is 18.9 Å². The third kappa shape index (κ3) is 6.47. The van der Waals surface area contributed by atoms with E-state index in [4.69, 9.17) is 9.47 Å². The molecule has 2 aliphatic rings. The van der Waals surface area contributed by atoms with Crippen LogP contribution < -0.4 is 25.6 Å². The molecule has 194 valence electrons. The number of nitrogens with zero attached hydrogens (tertiary/aromatic N) is 6. The van der Waals surface area contributed by atoms with Gasteiger partial charge in [0.05, 0.1) is 25.0 Å². The summed E-state index contributed by atoms with van der Waals surface area (Å²) in [6.07, 6.45) is 7.25. The van der Waals surface area contributed by atoms with Crippen LogP contribution in [0, 0.1) is 0 Å². The van der Waals surface area contributed by atoms with Crippen molar-refractivity contribution in [3.8, 4) is 5.88 Å². The number of carbonyl (C=O) groups is 2.